The van der Waals surface area contributed by atoms with Crippen molar-refractivity contribution < 1.29 is 4.39 Å². The molecule has 0 saturated carbocycles. The first-order chi connectivity index (χ1) is 13.5. The molecule has 4 rings (SSSR count). The molecular formula is C20H20FN7. The van der Waals surface area contributed by atoms with Gasteiger partial charge in [-0.05, 0) is 50.6 Å². The average Bonchev–Trinajstić information content (AvgIpc) is 3.24. The molecule has 0 bridgehead atoms. The summed E-state index contributed by atoms with van der Waals surface area (Å²) < 4.78 is 15.0. The normalized spacial score (nSPS) is 11.0. The van der Waals surface area contributed by atoms with Crippen LogP contribution in [0.15, 0.2) is 42.7 Å². The van der Waals surface area contributed by atoms with Gasteiger partial charge in [0, 0.05) is 22.9 Å². The molecule has 28 heavy (non-hydrogen) atoms. The fourth-order valence-corrected chi connectivity index (χ4v) is 3.18. The molecule has 0 fully saturated rings. The standard InChI is InChI=1S/C20H20FN7/c1-4-16-19(14-5-7-15(21)8-6-14)25-26-20(16)24-17-10-18(23-11-22-17)28-13(3)9-12(2)27-28/h5-11H,4H2,1-3H3,(H2,22,23,24,25,26). The molecular weight excluding hydrogens is 357 g/mol. The van der Waals surface area contributed by atoms with Gasteiger partial charge < -0.3 is 5.32 Å². The maximum atomic E-state index is 13.2. The Morgan fingerprint density at radius 3 is 2.57 bits per heavy atom. The zero-order chi connectivity index (χ0) is 19.7. The fraction of sp³-hybridized carbons (Fsp3) is 0.200. The zero-order valence-corrected chi connectivity index (χ0v) is 15.9. The third-order valence-corrected chi connectivity index (χ3v) is 4.48. The quantitative estimate of drug-likeness (QED) is 0.547. The molecule has 0 amide bonds. The van der Waals surface area contributed by atoms with Crippen molar-refractivity contribution in [3.05, 3.63) is 65.5 Å². The van der Waals surface area contributed by atoms with E-state index in [0.29, 0.717) is 17.5 Å². The van der Waals surface area contributed by atoms with E-state index in [0.717, 1.165) is 34.6 Å². The lowest BCUT2D eigenvalue weighted by Crippen LogP contribution is -2.04. The van der Waals surface area contributed by atoms with Gasteiger partial charge in [-0.25, -0.2) is 19.0 Å². The molecule has 3 heterocycles. The van der Waals surface area contributed by atoms with Gasteiger partial charge in [0.2, 0.25) is 0 Å². The zero-order valence-electron chi connectivity index (χ0n) is 15.9. The molecule has 142 valence electrons. The Morgan fingerprint density at radius 1 is 1.11 bits per heavy atom. The molecule has 4 aromatic rings. The fourth-order valence-electron chi connectivity index (χ4n) is 3.18. The van der Waals surface area contributed by atoms with Crippen molar-refractivity contribution in [1.29, 1.82) is 0 Å². The number of nitrogens with one attached hydrogen (secondary N) is 2. The Bertz CT molecular complexity index is 1110. The number of nitrogens with zero attached hydrogens (tertiary/aromatic N) is 5. The second kappa shape index (κ2) is 7.22. The van der Waals surface area contributed by atoms with Gasteiger partial charge in [0.25, 0.3) is 0 Å². The first kappa shape index (κ1) is 17.8. The SMILES string of the molecule is CCc1c(Nc2cc(-n3nc(C)cc3C)ncn2)n[nH]c1-c1ccc(F)cc1. The van der Waals surface area contributed by atoms with Gasteiger partial charge in [-0.1, -0.05) is 6.92 Å². The number of aryl methyl sites for hydroxylation is 2. The largest absolute Gasteiger partial charge is 0.323 e. The van der Waals surface area contributed by atoms with Crippen molar-refractivity contribution in [1.82, 2.24) is 29.9 Å². The van der Waals surface area contributed by atoms with E-state index in [4.69, 9.17) is 0 Å². The summed E-state index contributed by atoms with van der Waals surface area (Å²) in [7, 11) is 0. The maximum absolute atomic E-state index is 13.2. The van der Waals surface area contributed by atoms with Crippen molar-refractivity contribution >= 4 is 11.6 Å². The van der Waals surface area contributed by atoms with Crippen LogP contribution in [0.4, 0.5) is 16.0 Å². The molecule has 7 nitrogen and oxygen atoms in total. The van der Waals surface area contributed by atoms with Crippen molar-refractivity contribution in [3.8, 4) is 17.1 Å². The average molecular weight is 377 g/mol. The summed E-state index contributed by atoms with van der Waals surface area (Å²) in [5, 5.41) is 15.1. The van der Waals surface area contributed by atoms with E-state index in [9.17, 15) is 4.39 Å². The lowest BCUT2D eigenvalue weighted by atomic mass is 10.1. The van der Waals surface area contributed by atoms with Crippen LogP contribution in [0.1, 0.15) is 23.9 Å². The minimum Gasteiger partial charge on any atom is -0.323 e. The van der Waals surface area contributed by atoms with E-state index in [1.54, 1.807) is 16.8 Å². The van der Waals surface area contributed by atoms with Crippen LogP contribution in [-0.2, 0) is 6.42 Å². The van der Waals surface area contributed by atoms with Crippen LogP contribution in [0.2, 0.25) is 0 Å². The second-order valence-corrected chi connectivity index (χ2v) is 6.51. The van der Waals surface area contributed by atoms with Gasteiger partial charge in [0.1, 0.15) is 18.0 Å². The maximum Gasteiger partial charge on any atom is 0.159 e. The summed E-state index contributed by atoms with van der Waals surface area (Å²) in [6.45, 7) is 5.97. The highest BCUT2D eigenvalue weighted by Gasteiger charge is 2.15. The lowest BCUT2D eigenvalue weighted by molar-refractivity contribution is 0.628. The summed E-state index contributed by atoms with van der Waals surface area (Å²) in [5.41, 5.74) is 4.66. The number of hydrogen-bond donors (Lipinski definition) is 2. The number of benzene rings is 1. The molecule has 0 spiro atoms. The number of aromatic amines is 1. The highest BCUT2D eigenvalue weighted by atomic mass is 19.1. The summed E-state index contributed by atoms with van der Waals surface area (Å²) in [4.78, 5) is 8.61. The van der Waals surface area contributed by atoms with Gasteiger partial charge in [0.05, 0.1) is 11.4 Å². The van der Waals surface area contributed by atoms with Crippen molar-refractivity contribution in [2.45, 2.75) is 27.2 Å². The summed E-state index contributed by atoms with van der Waals surface area (Å²) >= 11 is 0. The molecule has 0 atom stereocenters. The Balaban J connectivity index is 1.66. The predicted octanol–water partition coefficient (Wildman–Crippen LogP) is 4.11. The van der Waals surface area contributed by atoms with Gasteiger partial charge in [-0.3, -0.25) is 5.10 Å². The van der Waals surface area contributed by atoms with E-state index < -0.39 is 0 Å². The smallest absolute Gasteiger partial charge is 0.159 e. The monoisotopic (exact) mass is 377 g/mol. The van der Waals surface area contributed by atoms with Crippen molar-refractivity contribution in [2.75, 3.05) is 5.32 Å². The van der Waals surface area contributed by atoms with Crippen LogP contribution in [0.5, 0.6) is 0 Å². The first-order valence-corrected chi connectivity index (χ1v) is 9.01. The molecule has 0 unspecified atom stereocenters. The Hall–Kier alpha value is -3.55. The number of anilines is 2. The summed E-state index contributed by atoms with van der Waals surface area (Å²) in [5.74, 6) is 1.71. The number of halogens is 1. The van der Waals surface area contributed by atoms with E-state index >= 15 is 0 Å². The van der Waals surface area contributed by atoms with E-state index in [-0.39, 0.29) is 5.82 Å². The van der Waals surface area contributed by atoms with Crippen LogP contribution in [0.25, 0.3) is 17.1 Å². The van der Waals surface area contributed by atoms with Crippen molar-refractivity contribution in [3.63, 3.8) is 0 Å². The van der Waals surface area contributed by atoms with Crippen LogP contribution >= 0.6 is 0 Å². The summed E-state index contributed by atoms with van der Waals surface area (Å²) in [6.07, 6.45) is 2.24. The number of rotatable bonds is 5. The van der Waals surface area contributed by atoms with E-state index in [1.807, 2.05) is 32.9 Å². The van der Waals surface area contributed by atoms with Crippen molar-refractivity contribution in [2.24, 2.45) is 0 Å². The highest BCUT2D eigenvalue weighted by Crippen LogP contribution is 2.29. The Labute approximate surface area is 161 Å². The molecule has 0 aliphatic rings. The van der Waals surface area contributed by atoms with E-state index in [2.05, 4.69) is 30.6 Å². The van der Waals surface area contributed by atoms with Gasteiger partial charge in [-0.15, -0.1) is 0 Å². The minimum absolute atomic E-state index is 0.266. The van der Waals surface area contributed by atoms with Gasteiger partial charge >= 0.3 is 0 Å². The molecule has 2 N–H and O–H groups in total. The van der Waals surface area contributed by atoms with Gasteiger partial charge in [0.15, 0.2) is 11.6 Å². The third-order valence-electron chi connectivity index (χ3n) is 4.48. The van der Waals surface area contributed by atoms with Gasteiger partial charge in [-0.2, -0.15) is 10.2 Å². The number of hydrogen-bond acceptors (Lipinski definition) is 5. The van der Waals surface area contributed by atoms with E-state index in [1.165, 1.54) is 18.5 Å². The topological polar surface area (TPSA) is 84.3 Å². The minimum atomic E-state index is -0.266. The first-order valence-electron chi connectivity index (χ1n) is 9.01. The van der Waals surface area contributed by atoms with Crippen LogP contribution in [-0.4, -0.2) is 29.9 Å². The molecule has 0 aliphatic heterocycles. The molecule has 0 aliphatic carbocycles. The second-order valence-electron chi connectivity index (χ2n) is 6.51. The number of aromatic nitrogens is 6. The number of H-pyrrole nitrogens is 1. The lowest BCUT2D eigenvalue weighted by Gasteiger charge is -2.08. The highest BCUT2D eigenvalue weighted by molar-refractivity contribution is 5.71. The predicted molar refractivity (Wildman–Crippen MR) is 105 cm³/mol. The Kier molecular flexibility index (Phi) is 4.60. The van der Waals surface area contributed by atoms with Crippen LogP contribution in [0.3, 0.4) is 0 Å². The molecule has 3 aromatic heterocycles. The molecule has 8 heteroatoms. The third kappa shape index (κ3) is 3.36. The van der Waals surface area contributed by atoms with Crippen LogP contribution < -0.4 is 5.32 Å². The molecule has 1 aromatic carbocycles. The van der Waals surface area contributed by atoms with Crippen LogP contribution in [0, 0.1) is 19.7 Å². The molecule has 0 radical (unpaired) electrons. The Morgan fingerprint density at radius 2 is 1.89 bits per heavy atom. The molecule has 0 saturated heterocycles. The summed E-state index contributed by atoms with van der Waals surface area (Å²) in [6, 6.07) is 10.2.